The number of carbonyl (C=O) groups excluding carboxylic acids is 1. The first-order valence-corrected chi connectivity index (χ1v) is 11.6. The molecular weight excluding hydrogens is 428 g/mol. The molecule has 0 aliphatic carbocycles. The molecule has 9 nitrogen and oxygen atoms in total. The zero-order valence-electron chi connectivity index (χ0n) is 18.1. The zero-order valence-corrected chi connectivity index (χ0v) is 18.9. The fourth-order valence-corrected chi connectivity index (χ4v) is 3.83. The third kappa shape index (κ3) is 5.03. The highest BCUT2D eigenvalue weighted by molar-refractivity contribution is 7.99. The Labute approximate surface area is 189 Å². The van der Waals surface area contributed by atoms with Crippen LogP contribution in [0.15, 0.2) is 46.1 Å². The number of anilines is 1. The number of furan rings is 1. The van der Waals surface area contributed by atoms with E-state index in [9.17, 15) is 4.79 Å². The molecule has 0 unspecified atom stereocenters. The molecule has 0 aliphatic rings. The van der Waals surface area contributed by atoms with Crippen molar-refractivity contribution >= 4 is 45.5 Å². The van der Waals surface area contributed by atoms with Gasteiger partial charge in [-0.2, -0.15) is 5.10 Å². The molecule has 32 heavy (non-hydrogen) atoms. The van der Waals surface area contributed by atoms with E-state index in [2.05, 4.69) is 32.6 Å². The smallest absolute Gasteiger partial charge is 0.287 e. The molecule has 0 spiro atoms. The van der Waals surface area contributed by atoms with E-state index in [4.69, 9.17) is 9.15 Å². The second kappa shape index (κ2) is 10.5. The fourth-order valence-electron chi connectivity index (χ4n) is 3.27. The van der Waals surface area contributed by atoms with Crippen molar-refractivity contribution in [2.24, 2.45) is 0 Å². The minimum atomic E-state index is -0.257. The number of nitrogens with zero attached hydrogens (tertiary/aromatic N) is 4. The highest BCUT2D eigenvalue weighted by Crippen LogP contribution is 2.24. The Bertz CT molecular complexity index is 1170. The van der Waals surface area contributed by atoms with Crippen molar-refractivity contribution in [3.63, 3.8) is 0 Å². The van der Waals surface area contributed by atoms with Gasteiger partial charge in [-0.3, -0.25) is 4.79 Å². The van der Waals surface area contributed by atoms with Crippen LogP contribution >= 0.6 is 11.8 Å². The summed E-state index contributed by atoms with van der Waals surface area (Å²) >= 11 is 1.57. The summed E-state index contributed by atoms with van der Waals surface area (Å²) < 4.78 is 12.8. The van der Waals surface area contributed by atoms with Gasteiger partial charge in [0.15, 0.2) is 16.6 Å². The number of benzene rings is 1. The van der Waals surface area contributed by atoms with E-state index in [1.807, 2.05) is 31.2 Å². The van der Waals surface area contributed by atoms with E-state index >= 15 is 0 Å². The van der Waals surface area contributed by atoms with Gasteiger partial charge in [0.2, 0.25) is 0 Å². The quantitative estimate of drug-likeness (QED) is 0.201. The van der Waals surface area contributed by atoms with E-state index in [0.717, 1.165) is 28.0 Å². The molecule has 0 saturated heterocycles. The first-order chi connectivity index (χ1) is 15.7. The summed E-state index contributed by atoms with van der Waals surface area (Å²) in [4.78, 5) is 21.8. The lowest BCUT2D eigenvalue weighted by Crippen LogP contribution is -2.27. The summed E-state index contributed by atoms with van der Waals surface area (Å²) in [5, 5.41) is 13.1. The number of rotatable bonds is 11. The molecule has 4 rings (SSSR count). The number of hydrogen-bond donors (Lipinski definition) is 2. The lowest BCUT2D eigenvalue weighted by atomic mass is 10.2. The van der Waals surface area contributed by atoms with E-state index in [1.165, 1.54) is 0 Å². The zero-order chi connectivity index (χ0) is 22.3. The summed E-state index contributed by atoms with van der Waals surface area (Å²) in [7, 11) is 0. The van der Waals surface area contributed by atoms with Gasteiger partial charge in [0.05, 0.1) is 24.7 Å². The molecule has 0 saturated carbocycles. The third-order valence-electron chi connectivity index (χ3n) is 4.75. The fraction of sp³-hybridized carbons (Fsp3) is 0.364. The topological polar surface area (TPSA) is 107 Å². The Hall–Kier alpha value is -3.11. The largest absolute Gasteiger partial charge is 0.451 e. The molecule has 168 valence electrons. The predicted molar refractivity (Wildman–Crippen MR) is 125 cm³/mol. The van der Waals surface area contributed by atoms with Crippen molar-refractivity contribution < 1.29 is 13.9 Å². The van der Waals surface area contributed by atoms with Gasteiger partial charge in [-0.1, -0.05) is 36.9 Å². The van der Waals surface area contributed by atoms with Crippen LogP contribution in [0.2, 0.25) is 0 Å². The molecule has 10 heteroatoms. The van der Waals surface area contributed by atoms with E-state index in [1.54, 1.807) is 28.7 Å². The standard InChI is InChI=1S/C22H26N6O3S/c1-3-30-12-10-23-19-16-14-25-28(20(16)27-22(26-19)32-4-2)11-9-24-21(29)18-13-15-7-5-6-8-17(15)31-18/h5-8,13-14H,3-4,9-12H2,1-2H3,(H,24,29)(H,23,26,27). The molecule has 1 aromatic carbocycles. The number of fused-ring (bicyclic) bond motifs is 2. The molecular formula is C22H26N6O3S. The van der Waals surface area contributed by atoms with Gasteiger partial charge in [-0.15, -0.1) is 0 Å². The van der Waals surface area contributed by atoms with E-state index in [0.29, 0.717) is 49.3 Å². The molecule has 0 radical (unpaired) electrons. The minimum absolute atomic E-state index is 0.257. The Balaban J connectivity index is 1.45. The van der Waals surface area contributed by atoms with Crippen molar-refractivity contribution in [2.75, 3.05) is 37.4 Å². The number of aromatic nitrogens is 4. The third-order valence-corrected chi connectivity index (χ3v) is 5.48. The van der Waals surface area contributed by atoms with Gasteiger partial charge in [-0.25, -0.2) is 14.6 Å². The maximum atomic E-state index is 12.5. The molecule has 0 fully saturated rings. The number of ether oxygens (including phenoxy) is 1. The molecule has 1 amide bonds. The Morgan fingerprint density at radius 3 is 2.91 bits per heavy atom. The van der Waals surface area contributed by atoms with Crippen LogP contribution in [0.25, 0.3) is 22.0 Å². The molecule has 3 aromatic heterocycles. The van der Waals surface area contributed by atoms with Crippen LogP contribution in [0.1, 0.15) is 24.4 Å². The van der Waals surface area contributed by atoms with Crippen LogP contribution in [0, 0.1) is 0 Å². The van der Waals surface area contributed by atoms with Gasteiger partial charge < -0.3 is 19.8 Å². The van der Waals surface area contributed by atoms with Crippen molar-refractivity contribution in [1.29, 1.82) is 0 Å². The van der Waals surface area contributed by atoms with Gasteiger partial charge in [0.1, 0.15) is 11.4 Å². The number of carbonyl (C=O) groups is 1. The summed E-state index contributed by atoms with van der Waals surface area (Å²) in [5.74, 6) is 1.64. The summed E-state index contributed by atoms with van der Waals surface area (Å²) in [6, 6.07) is 9.29. The average molecular weight is 455 g/mol. The second-order valence-electron chi connectivity index (χ2n) is 6.92. The predicted octanol–water partition coefficient (Wildman–Crippen LogP) is 3.56. The van der Waals surface area contributed by atoms with Gasteiger partial charge in [0.25, 0.3) is 5.91 Å². The molecule has 4 aromatic rings. The Kier molecular flexibility index (Phi) is 7.23. The van der Waals surface area contributed by atoms with Crippen molar-refractivity contribution in [2.45, 2.75) is 25.5 Å². The van der Waals surface area contributed by atoms with Crippen LogP contribution < -0.4 is 10.6 Å². The van der Waals surface area contributed by atoms with E-state index in [-0.39, 0.29) is 5.91 Å². The number of hydrogen-bond acceptors (Lipinski definition) is 8. The molecule has 2 N–H and O–H groups in total. The maximum absolute atomic E-state index is 12.5. The number of thioether (sulfide) groups is 1. The van der Waals surface area contributed by atoms with Gasteiger partial charge in [-0.05, 0) is 24.8 Å². The highest BCUT2D eigenvalue weighted by Gasteiger charge is 2.15. The lowest BCUT2D eigenvalue weighted by molar-refractivity contribution is 0.0926. The van der Waals surface area contributed by atoms with Crippen LogP contribution in [-0.2, 0) is 11.3 Å². The van der Waals surface area contributed by atoms with Crippen LogP contribution in [-0.4, -0.2) is 57.7 Å². The first kappa shape index (κ1) is 22.1. The van der Waals surface area contributed by atoms with Gasteiger partial charge in [0, 0.05) is 25.1 Å². The maximum Gasteiger partial charge on any atom is 0.287 e. The Morgan fingerprint density at radius 1 is 1.22 bits per heavy atom. The first-order valence-electron chi connectivity index (χ1n) is 10.6. The van der Waals surface area contributed by atoms with E-state index < -0.39 is 0 Å². The monoisotopic (exact) mass is 454 g/mol. The van der Waals surface area contributed by atoms with Crippen molar-refractivity contribution in [1.82, 2.24) is 25.1 Å². The normalized spacial score (nSPS) is 11.3. The molecule has 0 bridgehead atoms. The minimum Gasteiger partial charge on any atom is -0.451 e. The molecule has 0 aliphatic heterocycles. The van der Waals surface area contributed by atoms with Crippen LogP contribution in [0.3, 0.4) is 0 Å². The second-order valence-corrected chi connectivity index (χ2v) is 8.15. The average Bonchev–Trinajstić information content (AvgIpc) is 3.41. The summed E-state index contributed by atoms with van der Waals surface area (Å²) in [6.45, 7) is 6.81. The number of nitrogens with one attached hydrogen (secondary N) is 2. The highest BCUT2D eigenvalue weighted by atomic mass is 32.2. The SMILES string of the molecule is CCOCCNc1nc(SCC)nc2c1cnn2CCNC(=O)c1cc2ccccc2o1. The van der Waals surface area contributed by atoms with Crippen molar-refractivity contribution in [3.05, 3.63) is 42.3 Å². The Morgan fingerprint density at radius 2 is 2.09 bits per heavy atom. The summed E-state index contributed by atoms with van der Waals surface area (Å²) in [5.41, 5.74) is 1.42. The number of para-hydroxylation sites is 1. The number of amides is 1. The molecule has 0 atom stereocenters. The van der Waals surface area contributed by atoms with Crippen LogP contribution in [0.5, 0.6) is 0 Å². The lowest BCUT2D eigenvalue weighted by Gasteiger charge is -2.09. The van der Waals surface area contributed by atoms with Crippen LogP contribution in [0.4, 0.5) is 5.82 Å². The van der Waals surface area contributed by atoms with Gasteiger partial charge >= 0.3 is 0 Å². The van der Waals surface area contributed by atoms with Crippen molar-refractivity contribution in [3.8, 4) is 0 Å². The summed E-state index contributed by atoms with van der Waals surface area (Å²) in [6.07, 6.45) is 1.75. The molecule has 3 heterocycles.